The van der Waals surface area contributed by atoms with Crippen molar-refractivity contribution >= 4 is 17.4 Å². The maximum atomic E-state index is 10.9. The predicted molar refractivity (Wildman–Crippen MR) is 52.9 cm³/mol. The van der Waals surface area contributed by atoms with E-state index in [1.54, 1.807) is 18.3 Å². The van der Waals surface area contributed by atoms with Gasteiger partial charge in [0.1, 0.15) is 5.82 Å². The minimum absolute atomic E-state index is 0.646. The van der Waals surface area contributed by atoms with Crippen LogP contribution >= 0.6 is 0 Å². The first-order chi connectivity index (χ1) is 6.74. The molecule has 72 valence electrons. The number of nitrogens with zero attached hydrogens (tertiary/aromatic N) is 1. The highest BCUT2D eigenvalue weighted by atomic mass is 16.4. The number of rotatable bonds is 1. The lowest BCUT2D eigenvalue weighted by atomic mass is 10.0. The largest absolute Gasteiger partial charge is 0.479 e. The molecule has 0 fully saturated rings. The van der Waals surface area contributed by atoms with E-state index in [1.165, 1.54) is 0 Å². The summed E-state index contributed by atoms with van der Waals surface area (Å²) in [4.78, 5) is 15.0. The zero-order chi connectivity index (χ0) is 10.1. The summed E-state index contributed by atoms with van der Waals surface area (Å²) in [6.45, 7) is 1.83. The molecule has 2 N–H and O–H groups in total. The van der Waals surface area contributed by atoms with Crippen molar-refractivity contribution < 1.29 is 9.90 Å². The Balaban J connectivity index is 2.49. The molecule has 0 radical (unpaired) electrons. The van der Waals surface area contributed by atoms with Crippen molar-refractivity contribution in [1.82, 2.24) is 4.98 Å². The quantitative estimate of drug-likeness (QED) is 0.702. The van der Waals surface area contributed by atoms with Gasteiger partial charge in [-0.25, -0.2) is 9.78 Å². The Labute approximate surface area is 81.3 Å². The number of pyridine rings is 1. The zero-order valence-electron chi connectivity index (χ0n) is 7.69. The topological polar surface area (TPSA) is 62.2 Å². The third-order valence-electron chi connectivity index (χ3n) is 2.27. The van der Waals surface area contributed by atoms with E-state index in [1.807, 2.05) is 13.0 Å². The van der Waals surface area contributed by atoms with Gasteiger partial charge in [0.15, 0.2) is 6.04 Å². The smallest absolute Gasteiger partial charge is 0.330 e. The Kier molecular flexibility index (Phi) is 1.96. The van der Waals surface area contributed by atoms with Gasteiger partial charge in [-0.3, -0.25) is 0 Å². The third kappa shape index (κ3) is 1.16. The number of fused-ring (bicyclic) bond motifs is 1. The molecular weight excluding hydrogens is 180 g/mol. The van der Waals surface area contributed by atoms with Crippen LogP contribution in [0.15, 0.2) is 24.4 Å². The minimum Gasteiger partial charge on any atom is -0.479 e. The Morgan fingerprint density at radius 2 is 2.50 bits per heavy atom. The molecular formula is C10H10N2O2. The van der Waals surface area contributed by atoms with Gasteiger partial charge in [-0.15, -0.1) is 0 Å². The number of allylic oxidation sites excluding steroid dienone is 1. The SMILES string of the molecule is CC=C1c2cccnc2NC1C(=O)O. The predicted octanol–water partition coefficient (Wildman–Crippen LogP) is 1.36. The Morgan fingerprint density at radius 1 is 1.71 bits per heavy atom. The fourth-order valence-corrected chi connectivity index (χ4v) is 1.64. The van der Waals surface area contributed by atoms with Gasteiger partial charge in [0.25, 0.3) is 0 Å². The van der Waals surface area contributed by atoms with Gasteiger partial charge in [-0.2, -0.15) is 0 Å². The number of carboxylic acid groups (broad SMARTS) is 1. The van der Waals surface area contributed by atoms with E-state index in [0.717, 1.165) is 11.1 Å². The van der Waals surface area contributed by atoms with Gasteiger partial charge in [-0.1, -0.05) is 6.08 Å². The van der Waals surface area contributed by atoms with Gasteiger partial charge in [-0.05, 0) is 24.6 Å². The fourth-order valence-electron chi connectivity index (χ4n) is 1.64. The zero-order valence-corrected chi connectivity index (χ0v) is 7.69. The van der Waals surface area contributed by atoms with Crippen molar-refractivity contribution in [2.75, 3.05) is 5.32 Å². The van der Waals surface area contributed by atoms with E-state index in [-0.39, 0.29) is 0 Å². The van der Waals surface area contributed by atoms with Crippen molar-refractivity contribution in [2.24, 2.45) is 0 Å². The van der Waals surface area contributed by atoms with Gasteiger partial charge >= 0.3 is 5.97 Å². The molecule has 0 aromatic carbocycles. The molecule has 0 bridgehead atoms. The number of anilines is 1. The number of nitrogens with one attached hydrogen (secondary N) is 1. The molecule has 14 heavy (non-hydrogen) atoms. The molecule has 2 heterocycles. The maximum Gasteiger partial charge on any atom is 0.330 e. The number of carboxylic acids is 1. The Bertz CT molecular complexity index is 412. The lowest BCUT2D eigenvalue weighted by Crippen LogP contribution is -2.25. The van der Waals surface area contributed by atoms with Gasteiger partial charge in [0.05, 0.1) is 0 Å². The normalized spacial score (nSPS) is 21.8. The van der Waals surface area contributed by atoms with Crippen LogP contribution in [-0.4, -0.2) is 22.1 Å². The van der Waals surface area contributed by atoms with Crippen molar-refractivity contribution in [3.8, 4) is 0 Å². The van der Waals surface area contributed by atoms with E-state index in [4.69, 9.17) is 5.11 Å². The molecule has 1 aromatic heterocycles. The first-order valence-corrected chi connectivity index (χ1v) is 4.35. The number of aliphatic carboxylic acids is 1. The van der Waals surface area contributed by atoms with Crippen LogP contribution in [0.5, 0.6) is 0 Å². The highest BCUT2D eigenvalue weighted by molar-refractivity contribution is 6.00. The van der Waals surface area contributed by atoms with Crippen molar-refractivity contribution in [3.05, 3.63) is 30.0 Å². The first kappa shape index (κ1) is 8.74. The van der Waals surface area contributed by atoms with Crippen LogP contribution in [-0.2, 0) is 4.79 Å². The molecule has 0 saturated heterocycles. The number of carbonyl (C=O) groups is 1. The monoisotopic (exact) mass is 190 g/mol. The summed E-state index contributed by atoms with van der Waals surface area (Å²) < 4.78 is 0. The molecule has 0 saturated carbocycles. The van der Waals surface area contributed by atoms with Gasteiger partial charge in [0.2, 0.25) is 0 Å². The van der Waals surface area contributed by atoms with E-state index < -0.39 is 12.0 Å². The second-order valence-electron chi connectivity index (χ2n) is 3.06. The van der Waals surface area contributed by atoms with Gasteiger partial charge in [0, 0.05) is 11.8 Å². The average Bonchev–Trinajstić information content (AvgIpc) is 2.56. The molecule has 0 amide bonds. The van der Waals surface area contributed by atoms with Crippen LogP contribution in [0.1, 0.15) is 12.5 Å². The second kappa shape index (κ2) is 3.14. The van der Waals surface area contributed by atoms with Crippen LogP contribution < -0.4 is 5.32 Å². The summed E-state index contributed by atoms with van der Waals surface area (Å²) in [6, 6.07) is 3.01. The molecule has 1 aliphatic rings. The summed E-state index contributed by atoms with van der Waals surface area (Å²) in [6.07, 6.45) is 3.45. The van der Waals surface area contributed by atoms with E-state index in [2.05, 4.69) is 10.3 Å². The number of aromatic nitrogens is 1. The highest BCUT2D eigenvalue weighted by Gasteiger charge is 2.31. The van der Waals surface area contributed by atoms with Crippen LogP contribution in [0.4, 0.5) is 5.82 Å². The Hall–Kier alpha value is -1.84. The molecule has 1 atom stereocenters. The number of hydrogen-bond donors (Lipinski definition) is 2. The molecule has 1 aromatic rings. The molecule has 4 heteroatoms. The second-order valence-corrected chi connectivity index (χ2v) is 3.06. The summed E-state index contributed by atoms with van der Waals surface area (Å²) in [5.41, 5.74) is 1.66. The van der Waals surface area contributed by atoms with Crippen LogP contribution in [0.2, 0.25) is 0 Å². The van der Waals surface area contributed by atoms with Crippen LogP contribution in [0, 0.1) is 0 Å². The molecule has 0 aliphatic carbocycles. The van der Waals surface area contributed by atoms with E-state index >= 15 is 0 Å². The third-order valence-corrected chi connectivity index (χ3v) is 2.27. The summed E-state index contributed by atoms with van der Waals surface area (Å²) in [7, 11) is 0. The molecule has 4 nitrogen and oxygen atoms in total. The van der Waals surface area contributed by atoms with Crippen molar-refractivity contribution in [2.45, 2.75) is 13.0 Å². The summed E-state index contributed by atoms with van der Waals surface area (Å²) in [5.74, 6) is -0.232. The molecule has 1 unspecified atom stereocenters. The minimum atomic E-state index is -0.879. The molecule has 0 spiro atoms. The van der Waals surface area contributed by atoms with Crippen molar-refractivity contribution in [3.63, 3.8) is 0 Å². The number of hydrogen-bond acceptors (Lipinski definition) is 3. The average molecular weight is 190 g/mol. The summed E-state index contributed by atoms with van der Waals surface area (Å²) >= 11 is 0. The van der Waals surface area contributed by atoms with Crippen LogP contribution in [0.25, 0.3) is 5.57 Å². The summed E-state index contributed by atoms with van der Waals surface area (Å²) in [5, 5.41) is 11.8. The lowest BCUT2D eigenvalue weighted by Gasteiger charge is -2.05. The first-order valence-electron chi connectivity index (χ1n) is 4.35. The van der Waals surface area contributed by atoms with E-state index in [9.17, 15) is 4.79 Å². The molecule has 1 aliphatic heterocycles. The van der Waals surface area contributed by atoms with Crippen LogP contribution in [0.3, 0.4) is 0 Å². The van der Waals surface area contributed by atoms with Gasteiger partial charge < -0.3 is 10.4 Å². The lowest BCUT2D eigenvalue weighted by molar-refractivity contribution is -0.136. The molecule has 2 rings (SSSR count). The standard InChI is InChI=1S/C10H10N2O2/c1-2-6-7-4-3-5-11-9(7)12-8(6)10(13)14/h2-5,8H,1H3,(H,11,12)(H,13,14). The highest BCUT2D eigenvalue weighted by Crippen LogP contribution is 2.32. The fraction of sp³-hybridized carbons (Fsp3) is 0.200. The van der Waals surface area contributed by atoms with E-state index in [0.29, 0.717) is 5.82 Å². The van der Waals surface area contributed by atoms with Crippen molar-refractivity contribution in [1.29, 1.82) is 0 Å². The maximum absolute atomic E-state index is 10.9. The Morgan fingerprint density at radius 3 is 3.14 bits per heavy atom.